The molecule has 0 unspecified atom stereocenters. The maximum absolute atomic E-state index is 13.9. The molecule has 1 aromatic carbocycles. The van der Waals surface area contributed by atoms with Crippen LogP contribution in [-0.2, 0) is 6.42 Å². The van der Waals surface area contributed by atoms with E-state index < -0.39 is 0 Å². The van der Waals surface area contributed by atoms with Gasteiger partial charge in [0.15, 0.2) is 0 Å². The third-order valence-corrected chi connectivity index (χ3v) is 3.97. The van der Waals surface area contributed by atoms with E-state index in [2.05, 4.69) is 23.8 Å². The number of ether oxygens (including phenoxy) is 1. The highest BCUT2D eigenvalue weighted by atomic mass is 19.1. The van der Waals surface area contributed by atoms with E-state index in [1.165, 1.54) is 6.07 Å². The smallest absolute Gasteiger partial charge is 0.149 e. The Balaban J connectivity index is 1.94. The number of benzene rings is 1. The minimum Gasteiger partial charge on any atom is -0.454 e. The molecule has 124 valence electrons. The number of aryl methyl sites for hydroxylation is 2. The van der Waals surface area contributed by atoms with Gasteiger partial charge in [0.25, 0.3) is 0 Å². The van der Waals surface area contributed by atoms with Gasteiger partial charge in [0.05, 0.1) is 11.4 Å². The minimum atomic E-state index is -0.318. The first-order chi connectivity index (χ1) is 11.5. The lowest BCUT2D eigenvalue weighted by Crippen LogP contribution is -2.00. The summed E-state index contributed by atoms with van der Waals surface area (Å²) in [5, 5.41) is 0.725. The summed E-state index contributed by atoms with van der Waals surface area (Å²) in [5.74, 6) is 1.65. The predicted molar refractivity (Wildman–Crippen MR) is 93.9 cm³/mol. The van der Waals surface area contributed by atoms with Crippen LogP contribution in [-0.4, -0.2) is 9.97 Å². The Morgan fingerprint density at radius 2 is 1.96 bits per heavy atom. The molecule has 0 radical (unpaired) electrons. The molecule has 0 aliphatic rings. The fourth-order valence-corrected chi connectivity index (χ4v) is 2.59. The number of fused-ring (bicyclic) bond motifs is 1. The van der Waals surface area contributed by atoms with Gasteiger partial charge < -0.3 is 4.74 Å². The van der Waals surface area contributed by atoms with Crippen molar-refractivity contribution in [1.82, 2.24) is 9.97 Å². The van der Waals surface area contributed by atoms with Crippen LogP contribution in [0.2, 0.25) is 0 Å². The van der Waals surface area contributed by atoms with Crippen molar-refractivity contribution >= 4 is 10.9 Å². The van der Waals surface area contributed by atoms with Gasteiger partial charge in [0, 0.05) is 11.6 Å². The lowest BCUT2D eigenvalue weighted by molar-refractivity contribution is 0.461. The summed E-state index contributed by atoms with van der Waals surface area (Å²) in [6.45, 7) is 6.20. The Bertz CT molecular complexity index is 861. The number of rotatable bonds is 5. The molecule has 0 N–H and O–H groups in total. The lowest BCUT2D eigenvalue weighted by Gasteiger charge is -2.13. The first-order valence-electron chi connectivity index (χ1n) is 8.22. The summed E-state index contributed by atoms with van der Waals surface area (Å²) in [7, 11) is 0. The van der Waals surface area contributed by atoms with Crippen molar-refractivity contribution in [1.29, 1.82) is 0 Å². The fourth-order valence-electron chi connectivity index (χ4n) is 2.59. The van der Waals surface area contributed by atoms with Crippen LogP contribution >= 0.6 is 0 Å². The fraction of sp³-hybridized carbons (Fsp3) is 0.300. The normalized spacial score (nSPS) is 11.2. The van der Waals surface area contributed by atoms with E-state index in [4.69, 9.17) is 4.74 Å². The lowest BCUT2D eigenvalue weighted by atomic mass is 10.1. The summed E-state index contributed by atoms with van der Waals surface area (Å²) in [6, 6.07) is 10.5. The molecule has 3 rings (SSSR count). The maximum atomic E-state index is 13.9. The van der Waals surface area contributed by atoms with Crippen LogP contribution in [0.5, 0.6) is 11.5 Å². The third-order valence-electron chi connectivity index (χ3n) is 3.97. The van der Waals surface area contributed by atoms with E-state index in [-0.39, 0.29) is 5.82 Å². The Morgan fingerprint density at radius 3 is 2.75 bits per heavy atom. The number of pyridine rings is 2. The molecule has 3 aromatic rings. The zero-order valence-electron chi connectivity index (χ0n) is 14.2. The molecule has 0 amide bonds. The molecule has 3 nitrogen and oxygen atoms in total. The molecule has 2 heterocycles. The number of para-hydroxylation sites is 1. The summed E-state index contributed by atoms with van der Waals surface area (Å²) >= 11 is 0. The largest absolute Gasteiger partial charge is 0.454 e. The van der Waals surface area contributed by atoms with Gasteiger partial charge in [-0.05, 0) is 49.9 Å². The first kappa shape index (κ1) is 16.4. The molecule has 0 saturated carbocycles. The second kappa shape index (κ2) is 6.95. The molecule has 0 saturated heterocycles. The Hall–Kier alpha value is -2.49. The number of hydrogen-bond donors (Lipinski definition) is 0. The van der Waals surface area contributed by atoms with Crippen molar-refractivity contribution in [3.63, 3.8) is 0 Å². The molecule has 2 aromatic heterocycles. The molecule has 0 aliphatic carbocycles. The van der Waals surface area contributed by atoms with Crippen LogP contribution in [0.3, 0.4) is 0 Å². The highest BCUT2D eigenvalue weighted by molar-refractivity contribution is 5.81. The average molecular weight is 324 g/mol. The van der Waals surface area contributed by atoms with Gasteiger partial charge in [0.1, 0.15) is 22.8 Å². The van der Waals surface area contributed by atoms with Gasteiger partial charge >= 0.3 is 0 Å². The molecule has 0 fully saturated rings. The predicted octanol–water partition coefficient (Wildman–Crippen LogP) is 5.46. The van der Waals surface area contributed by atoms with Gasteiger partial charge in [-0.15, -0.1) is 0 Å². The van der Waals surface area contributed by atoms with Crippen LogP contribution in [0.4, 0.5) is 4.39 Å². The quantitative estimate of drug-likeness (QED) is 0.625. The highest BCUT2D eigenvalue weighted by Gasteiger charge is 2.12. The van der Waals surface area contributed by atoms with E-state index in [9.17, 15) is 4.39 Å². The van der Waals surface area contributed by atoms with E-state index in [1.807, 2.05) is 31.2 Å². The number of nitrogens with zero attached hydrogens (tertiary/aromatic N) is 2. The molecule has 4 heteroatoms. The van der Waals surface area contributed by atoms with Crippen molar-refractivity contribution in [2.45, 2.75) is 33.6 Å². The molecule has 0 aliphatic heterocycles. The van der Waals surface area contributed by atoms with Crippen LogP contribution in [0.15, 0.2) is 42.6 Å². The van der Waals surface area contributed by atoms with Crippen LogP contribution in [0, 0.1) is 18.7 Å². The number of hydrogen-bond acceptors (Lipinski definition) is 3. The van der Waals surface area contributed by atoms with E-state index in [1.54, 1.807) is 12.3 Å². The summed E-state index contributed by atoms with van der Waals surface area (Å²) in [6.07, 6.45) is 3.69. The van der Waals surface area contributed by atoms with Crippen LogP contribution in [0.1, 0.15) is 31.7 Å². The zero-order chi connectivity index (χ0) is 17.1. The second-order valence-corrected chi connectivity index (χ2v) is 6.37. The molecule has 0 atom stereocenters. The summed E-state index contributed by atoms with van der Waals surface area (Å²) < 4.78 is 19.9. The van der Waals surface area contributed by atoms with Crippen LogP contribution in [0.25, 0.3) is 10.9 Å². The Kier molecular flexibility index (Phi) is 4.74. The molecule has 0 spiro atoms. The monoisotopic (exact) mass is 324 g/mol. The van der Waals surface area contributed by atoms with Crippen molar-refractivity contribution in [3.05, 3.63) is 59.8 Å². The van der Waals surface area contributed by atoms with Gasteiger partial charge in [-0.25, -0.2) is 9.37 Å². The van der Waals surface area contributed by atoms with Gasteiger partial charge in [-0.2, -0.15) is 0 Å². The van der Waals surface area contributed by atoms with Crippen molar-refractivity contribution in [2.24, 2.45) is 5.92 Å². The van der Waals surface area contributed by atoms with E-state index in [0.29, 0.717) is 22.9 Å². The van der Waals surface area contributed by atoms with Crippen LogP contribution < -0.4 is 4.74 Å². The number of halogens is 1. The minimum absolute atomic E-state index is 0.318. The van der Waals surface area contributed by atoms with Crippen molar-refractivity contribution in [3.8, 4) is 11.5 Å². The van der Waals surface area contributed by atoms with E-state index >= 15 is 0 Å². The summed E-state index contributed by atoms with van der Waals surface area (Å²) in [4.78, 5) is 8.80. The SMILES string of the molecule is Cc1nc2c(F)cccc2cc1Oc1cccnc1CCC(C)C. The Morgan fingerprint density at radius 1 is 1.12 bits per heavy atom. The van der Waals surface area contributed by atoms with Gasteiger partial charge in [-0.3, -0.25) is 4.98 Å². The highest BCUT2D eigenvalue weighted by Crippen LogP contribution is 2.30. The first-order valence-corrected chi connectivity index (χ1v) is 8.22. The van der Waals surface area contributed by atoms with Crippen molar-refractivity contribution < 1.29 is 9.13 Å². The molecular weight excluding hydrogens is 303 g/mol. The third kappa shape index (κ3) is 3.53. The summed E-state index contributed by atoms with van der Waals surface area (Å²) in [5.41, 5.74) is 1.96. The van der Waals surface area contributed by atoms with Gasteiger partial charge in [-0.1, -0.05) is 26.0 Å². The molecular formula is C20H21FN2O. The number of aromatic nitrogens is 2. The van der Waals surface area contributed by atoms with Crippen molar-refractivity contribution in [2.75, 3.05) is 0 Å². The zero-order valence-corrected chi connectivity index (χ0v) is 14.2. The maximum Gasteiger partial charge on any atom is 0.149 e. The van der Waals surface area contributed by atoms with Gasteiger partial charge in [0.2, 0.25) is 0 Å². The second-order valence-electron chi connectivity index (χ2n) is 6.37. The van der Waals surface area contributed by atoms with E-state index in [0.717, 1.165) is 29.7 Å². The Labute approximate surface area is 141 Å². The topological polar surface area (TPSA) is 35.0 Å². The molecule has 24 heavy (non-hydrogen) atoms. The average Bonchev–Trinajstić information content (AvgIpc) is 2.56. The standard InChI is InChI=1S/C20H21FN2O/c1-13(2)9-10-17-18(8-5-11-22-17)24-19-12-15-6-4-7-16(21)20(15)23-14(19)3/h4-8,11-13H,9-10H2,1-3H3. The molecule has 0 bridgehead atoms.